The molecular formula is C24H28F4N8O4. The van der Waals surface area contributed by atoms with Gasteiger partial charge in [0.25, 0.3) is 5.91 Å². The predicted molar refractivity (Wildman–Crippen MR) is 136 cm³/mol. The lowest BCUT2D eigenvalue weighted by molar-refractivity contribution is -0.263. The summed E-state index contributed by atoms with van der Waals surface area (Å²) in [6.45, 7) is 2.20. The average Bonchev–Trinajstić information content (AvgIpc) is 3.14. The first kappa shape index (κ1) is 30.4. The van der Waals surface area contributed by atoms with Crippen molar-refractivity contribution in [3.63, 3.8) is 0 Å². The third kappa shape index (κ3) is 7.93. The number of rotatable bonds is 8. The Bertz CT molecular complexity index is 1220. The minimum Gasteiger partial charge on any atom is -0.340 e. The topological polar surface area (TPSA) is 136 Å². The van der Waals surface area contributed by atoms with Crippen LogP contribution in [0.25, 0.3) is 10.4 Å². The number of nitrogens with zero attached hydrogens (tertiary/aromatic N) is 8. The van der Waals surface area contributed by atoms with E-state index < -0.39 is 29.9 Å². The lowest BCUT2D eigenvalue weighted by Crippen LogP contribution is -2.51. The van der Waals surface area contributed by atoms with Crippen LogP contribution < -0.4 is 0 Å². The molecule has 1 saturated heterocycles. The van der Waals surface area contributed by atoms with Gasteiger partial charge in [0.05, 0.1) is 5.70 Å². The minimum atomic E-state index is -4.62. The molecule has 12 nitrogen and oxygen atoms in total. The fourth-order valence-electron chi connectivity index (χ4n) is 4.27. The molecule has 1 amide bonds. The molecule has 0 unspecified atom stereocenters. The van der Waals surface area contributed by atoms with Gasteiger partial charge in [0.15, 0.2) is 5.28 Å². The Morgan fingerprint density at radius 1 is 1.20 bits per heavy atom. The average molecular weight is 569 g/mol. The zero-order valence-electron chi connectivity index (χ0n) is 21.9. The van der Waals surface area contributed by atoms with Crippen molar-refractivity contribution in [3.8, 4) is 0 Å². The van der Waals surface area contributed by atoms with Crippen molar-refractivity contribution in [2.75, 3.05) is 40.3 Å². The smallest absolute Gasteiger partial charge is 0.340 e. The lowest BCUT2D eigenvalue weighted by atomic mass is 9.98. The van der Waals surface area contributed by atoms with Crippen molar-refractivity contribution in [2.45, 2.75) is 38.3 Å². The summed E-state index contributed by atoms with van der Waals surface area (Å²) in [5.74, 6) is -1.42. The highest BCUT2D eigenvalue weighted by atomic mass is 19.4. The number of azide groups is 1. The molecule has 0 bridgehead atoms. The van der Waals surface area contributed by atoms with E-state index in [1.807, 2.05) is 11.9 Å². The number of alkyl halides is 3. The van der Waals surface area contributed by atoms with Gasteiger partial charge in [0.1, 0.15) is 11.5 Å². The molecule has 3 aliphatic rings. The van der Waals surface area contributed by atoms with Crippen LogP contribution >= 0.6 is 0 Å². The second-order valence-electron chi connectivity index (χ2n) is 9.11. The largest absolute Gasteiger partial charge is 0.412 e. The van der Waals surface area contributed by atoms with Crippen molar-refractivity contribution in [2.24, 2.45) is 15.4 Å². The second kappa shape index (κ2) is 13.8. The van der Waals surface area contributed by atoms with E-state index >= 15 is 4.39 Å². The van der Waals surface area contributed by atoms with Gasteiger partial charge < -0.3 is 14.7 Å². The number of amides is 1. The van der Waals surface area contributed by atoms with Gasteiger partial charge in [-0.3, -0.25) is 9.68 Å². The van der Waals surface area contributed by atoms with Gasteiger partial charge in [-0.25, -0.2) is 14.4 Å². The first-order valence-electron chi connectivity index (χ1n) is 12.3. The van der Waals surface area contributed by atoms with Gasteiger partial charge >= 0.3 is 6.18 Å². The lowest BCUT2D eigenvalue weighted by Gasteiger charge is -2.38. The molecule has 0 saturated carbocycles. The highest BCUT2D eigenvalue weighted by Crippen LogP contribution is 2.34. The van der Waals surface area contributed by atoms with E-state index in [4.69, 9.17) is 10.4 Å². The second-order valence-corrected chi connectivity index (χ2v) is 9.11. The van der Waals surface area contributed by atoms with E-state index in [-0.39, 0.29) is 42.4 Å². The van der Waals surface area contributed by atoms with Gasteiger partial charge in [-0.05, 0) is 49.6 Å². The fourth-order valence-corrected chi connectivity index (χ4v) is 4.27. The van der Waals surface area contributed by atoms with Crippen LogP contribution in [0.1, 0.15) is 32.1 Å². The van der Waals surface area contributed by atoms with Crippen LogP contribution in [0.2, 0.25) is 0 Å². The third-order valence-electron chi connectivity index (χ3n) is 6.45. The molecule has 16 heteroatoms. The number of allylic oxidation sites excluding steroid dienone is 7. The zero-order valence-corrected chi connectivity index (χ0v) is 21.9. The van der Waals surface area contributed by atoms with E-state index in [1.165, 1.54) is 18.0 Å². The van der Waals surface area contributed by atoms with E-state index in [0.29, 0.717) is 38.2 Å². The van der Waals surface area contributed by atoms with Crippen LogP contribution in [0.15, 0.2) is 73.9 Å². The monoisotopic (exact) mass is 568 g/mol. The standard InChI is InChI=1S/C24H28F4N8O4/c1-34-12-14-36(15-13-34)23(30-22-16(4-3-5-18(22)25)6-11-21(37)31-38)35(2)19-9-7-17(24(26,27)28)8-10-20(19)39-40-33-32-29/h4,8-10H,3,5-7,11-15H2,1-2H3. The number of hydrogen-bond donors (Lipinski definition) is 0. The number of halogens is 4. The molecule has 3 rings (SSSR count). The SMILES string of the molecule is CN1CCN(C(=NC2=C(F)CCC=C2CCC(=O)N=O)N(C)C2=CCC(C(F)(F)F)=CC=C2OON=[N+]=[N-])CC1. The molecule has 0 radical (unpaired) electrons. The normalized spacial score (nSPS) is 18.9. The quantitative estimate of drug-likeness (QED) is 0.0444. The fraction of sp³-hybridized carbons (Fsp3) is 0.500. The summed E-state index contributed by atoms with van der Waals surface area (Å²) in [4.78, 5) is 43.9. The highest BCUT2D eigenvalue weighted by molar-refractivity contribution is 5.84. The molecule has 216 valence electrons. The van der Waals surface area contributed by atoms with Crippen LogP contribution in [0, 0.1) is 4.91 Å². The molecule has 1 aliphatic heterocycles. The van der Waals surface area contributed by atoms with Crippen molar-refractivity contribution >= 4 is 11.9 Å². The summed E-state index contributed by atoms with van der Waals surface area (Å²) in [7, 11) is 3.46. The molecule has 0 aromatic carbocycles. The van der Waals surface area contributed by atoms with Gasteiger partial charge in [0.2, 0.25) is 11.7 Å². The summed E-state index contributed by atoms with van der Waals surface area (Å²) in [6, 6.07) is 0. The summed E-state index contributed by atoms with van der Waals surface area (Å²) in [5, 5.41) is 5.20. The maximum atomic E-state index is 15.2. The Morgan fingerprint density at radius 3 is 2.58 bits per heavy atom. The van der Waals surface area contributed by atoms with Crippen molar-refractivity contribution in [1.82, 2.24) is 14.7 Å². The van der Waals surface area contributed by atoms with Crippen LogP contribution in [0.4, 0.5) is 17.6 Å². The number of guanidine groups is 1. The molecule has 0 N–H and O–H groups in total. The van der Waals surface area contributed by atoms with Gasteiger partial charge in [-0.1, -0.05) is 12.2 Å². The molecule has 0 aromatic rings. The van der Waals surface area contributed by atoms with Crippen LogP contribution in [0.3, 0.4) is 0 Å². The Kier molecular flexibility index (Phi) is 10.4. The minimum absolute atomic E-state index is 0.0224. The van der Waals surface area contributed by atoms with Crippen molar-refractivity contribution < 1.29 is 32.2 Å². The first-order chi connectivity index (χ1) is 19.0. The van der Waals surface area contributed by atoms with Gasteiger partial charge in [-0.15, -0.1) is 4.91 Å². The van der Waals surface area contributed by atoms with E-state index in [0.717, 1.165) is 12.2 Å². The van der Waals surface area contributed by atoms with E-state index in [1.54, 1.807) is 6.08 Å². The molecule has 0 atom stereocenters. The number of hydrogen-bond acceptors (Lipinski definition) is 7. The molecular weight excluding hydrogens is 540 g/mol. The number of carbonyl (C=O) groups excluding carboxylic acids is 1. The number of nitroso groups, excluding NO2 is 1. The van der Waals surface area contributed by atoms with Crippen LogP contribution in [0.5, 0.6) is 0 Å². The number of aliphatic imine (C=N–C) groups is 1. The third-order valence-corrected chi connectivity index (χ3v) is 6.45. The molecule has 1 heterocycles. The maximum absolute atomic E-state index is 15.2. The summed E-state index contributed by atoms with van der Waals surface area (Å²) in [6.07, 6.45) is -0.0639. The van der Waals surface area contributed by atoms with Gasteiger partial charge in [-0.2, -0.15) is 13.2 Å². The van der Waals surface area contributed by atoms with Crippen molar-refractivity contribution in [3.05, 3.63) is 73.8 Å². The summed E-state index contributed by atoms with van der Waals surface area (Å²) < 4.78 is 55.7. The Balaban J connectivity index is 2.06. The number of piperazine rings is 1. The summed E-state index contributed by atoms with van der Waals surface area (Å²) in [5.41, 5.74) is 8.12. The molecule has 2 aliphatic carbocycles. The molecule has 0 spiro atoms. The number of carbonyl (C=O) groups is 1. The number of likely N-dealkylation sites (N-methyl/N-ethyl adjacent to an activating group) is 2. The van der Waals surface area contributed by atoms with E-state index in [2.05, 4.69) is 30.2 Å². The summed E-state index contributed by atoms with van der Waals surface area (Å²) >= 11 is 0. The molecule has 0 aromatic heterocycles. The van der Waals surface area contributed by atoms with E-state index in [9.17, 15) is 22.9 Å². The maximum Gasteiger partial charge on any atom is 0.412 e. The van der Waals surface area contributed by atoms with Crippen LogP contribution in [-0.2, 0) is 14.7 Å². The first-order valence-corrected chi connectivity index (χ1v) is 12.3. The van der Waals surface area contributed by atoms with Crippen molar-refractivity contribution in [1.29, 1.82) is 0 Å². The highest BCUT2D eigenvalue weighted by Gasteiger charge is 2.35. The van der Waals surface area contributed by atoms with Crippen LogP contribution in [-0.4, -0.2) is 73.0 Å². The van der Waals surface area contributed by atoms with Gasteiger partial charge in [0, 0.05) is 61.7 Å². The predicted octanol–water partition coefficient (Wildman–Crippen LogP) is 5.33. The molecule has 1 fully saturated rings. The Hall–Kier alpha value is -4.17. The zero-order chi connectivity index (χ0) is 29.3. The Morgan fingerprint density at radius 2 is 1.93 bits per heavy atom. The molecule has 40 heavy (non-hydrogen) atoms. The Labute approximate surface area is 227 Å².